The fourth-order valence-electron chi connectivity index (χ4n) is 1.47. The van der Waals surface area contributed by atoms with Gasteiger partial charge in [0.15, 0.2) is 5.75 Å². The highest BCUT2D eigenvalue weighted by atomic mass is 32.2. The molecule has 0 saturated carbocycles. The Morgan fingerprint density at radius 2 is 2.00 bits per heavy atom. The molecule has 0 radical (unpaired) electrons. The van der Waals surface area contributed by atoms with E-state index in [2.05, 4.69) is 0 Å². The van der Waals surface area contributed by atoms with E-state index in [1.165, 1.54) is 13.0 Å². The largest absolute Gasteiger partial charge is 0.487 e. The number of hydrogen-bond donors (Lipinski definition) is 1. The maximum absolute atomic E-state index is 11.3. The fourth-order valence-corrected chi connectivity index (χ4v) is 2.26. The minimum atomic E-state index is -4.00. The summed E-state index contributed by atoms with van der Waals surface area (Å²) in [7, 11) is -4.00. The monoisotopic (exact) mass is 288 g/mol. The second-order valence-electron chi connectivity index (χ2n) is 4.59. The Morgan fingerprint density at radius 1 is 1.42 bits per heavy atom. The van der Waals surface area contributed by atoms with Crippen LogP contribution in [-0.2, 0) is 10.0 Å². The van der Waals surface area contributed by atoms with Crippen LogP contribution in [0.5, 0.6) is 5.75 Å². The lowest BCUT2D eigenvalue weighted by molar-refractivity contribution is -0.386. The topological polar surface area (TPSA) is 113 Å². The van der Waals surface area contributed by atoms with Gasteiger partial charge in [0.05, 0.1) is 16.4 Å². The quantitative estimate of drug-likeness (QED) is 0.653. The molecule has 0 aliphatic heterocycles. The molecule has 0 aliphatic carbocycles. The summed E-state index contributed by atoms with van der Waals surface area (Å²) in [5.74, 6) is 0.237. The van der Waals surface area contributed by atoms with Crippen molar-refractivity contribution in [3.8, 4) is 5.75 Å². The highest BCUT2D eigenvalue weighted by Gasteiger charge is 2.23. The van der Waals surface area contributed by atoms with Gasteiger partial charge in [0, 0.05) is 6.07 Å². The zero-order valence-corrected chi connectivity index (χ0v) is 11.7. The van der Waals surface area contributed by atoms with Gasteiger partial charge >= 0.3 is 5.69 Å². The summed E-state index contributed by atoms with van der Waals surface area (Å²) in [4.78, 5) is 9.99. The lowest BCUT2D eigenvalue weighted by Gasteiger charge is -2.11. The molecule has 1 aromatic rings. The molecule has 1 rings (SSSR count). The molecule has 0 amide bonds. The normalized spacial score (nSPS) is 11.6. The number of nitrogens with zero attached hydrogens (tertiary/aromatic N) is 1. The van der Waals surface area contributed by atoms with Crippen LogP contribution >= 0.6 is 0 Å². The molecule has 0 saturated heterocycles. The van der Waals surface area contributed by atoms with Gasteiger partial charge in [-0.1, -0.05) is 13.8 Å². The summed E-state index contributed by atoms with van der Waals surface area (Å²) in [5, 5.41) is 16.0. The number of aryl methyl sites for hydroxylation is 1. The van der Waals surface area contributed by atoms with E-state index in [1.807, 2.05) is 13.8 Å². The Morgan fingerprint density at radius 3 is 2.42 bits per heavy atom. The van der Waals surface area contributed by atoms with E-state index in [4.69, 9.17) is 9.88 Å². The van der Waals surface area contributed by atoms with Crippen LogP contribution in [0.25, 0.3) is 0 Å². The van der Waals surface area contributed by atoms with Crippen molar-refractivity contribution in [2.24, 2.45) is 11.1 Å². The van der Waals surface area contributed by atoms with Crippen molar-refractivity contribution in [1.82, 2.24) is 0 Å². The van der Waals surface area contributed by atoms with Crippen LogP contribution in [0.4, 0.5) is 5.69 Å². The first-order valence-corrected chi connectivity index (χ1v) is 7.12. The van der Waals surface area contributed by atoms with Crippen LogP contribution in [0.2, 0.25) is 0 Å². The van der Waals surface area contributed by atoms with E-state index in [9.17, 15) is 18.5 Å². The molecule has 0 fully saturated rings. The average Bonchev–Trinajstić information content (AvgIpc) is 2.23. The molecule has 106 valence electrons. The number of sulfonamides is 1. The molecular weight excluding hydrogens is 272 g/mol. The lowest BCUT2D eigenvalue weighted by atomic mass is 10.2. The summed E-state index contributed by atoms with van der Waals surface area (Å²) in [6, 6.07) is 2.25. The third-order valence-corrected chi connectivity index (χ3v) is 3.38. The van der Waals surface area contributed by atoms with E-state index in [0.29, 0.717) is 12.2 Å². The number of nitrogens with two attached hydrogens (primary N) is 1. The molecule has 7 nitrogen and oxygen atoms in total. The Kier molecular flexibility index (Phi) is 4.48. The first-order valence-electron chi connectivity index (χ1n) is 5.57. The molecule has 0 aromatic heterocycles. The second-order valence-corrected chi connectivity index (χ2v) is 6.12. The predicted molar refractivity (Wildman–Crippen MR) is 69.5 cm³/mol. The molecule has 2 N–H and O–H groups in total. The number of nitro groups is 1. The number of ether oxygens (including phenoxy) is 1. The van der Waals surface area contributed by atoms with Crippen LogP contribution in [0.3, 0.4) is 0 Å². The minimum Gasteiger partial charge on any atom is -0.487 e. The number of nitro benzene ring substituents is 1. The predicted octanol–water partition coefficient (Wildman–Crippen LogP) is 1.59. The van der Waals surface area contributed by atoms with Crippen molar-refractivity contribution in [1.29, 1.82) is 0 Å². The molecular formula is C11H16N2O5S. The van der Waals surface area contributed by atoms with Gasteiger partial charge in [0.2, 0.25) is 10.0 Å². The van der Waals surface area contributed by atoms with Crippen molar-refractivity contribution in [2.75, 3.05) is 6.61 Å². The third-order valence-electron chi connectivity index (χ3n) is 2.33. The van der Waals surface area contributed by atoms with Crippen LogP contribution in [0.15, 0.2) is 17.0 Å². The fraction of sp³-hybridized carbons (Fsp3) is 0.455. The molecule has 19 heavy (non-hydrogen) atoms. The third kappa shape index (κ3) is 3.90. The highest BCUT2D eigenvalue weighted by Crippen LogP contribution is 2.32. The Labute approximate surface area is 111 Å². The molecule has 0 aliphatic rings. The van der Waals surface area contributed by atoms with Crippen molar-refractivity contribution in [2.45, 2.75) is 25.7 Å². The molecule has 0 spiro atoms. The van der Waals surface area contributed by atoms with Gasteiger partial charge < -0.3 is 4.74 Å². The van der Waals surface area contributed by atoms with E-state index < -0.39 is 20.6 Å². The Hall–Kier alpha value is -1.67. The summed E-state index contributed by atoms with van der Waals surface area (Å²) >= 11 is 0. The first-order chi connectivity index (χ1) is 8.62. The molecule has 0 bridgehead atoms. The maximum Gasteiger partial charge on any atom is 0.312 e. The zero-order valence-electron chi connectivity index (χ0n) is 10.9. The molecule has 8 heteroatoms. The lowest BCUT2D eigenvalue weighted by Crippen LogP contribution is -2.15. The average molecular weight is 288 g/mol. The molecule has 0 atom stereocenters. The van der Waals surface area contributed by atoms with Gasteiger partial charge in [-0.05, 0) is 24.5 Å². The Balaban J connectivity index is 3.34. The van der Waals surface area contributed by atoms with Gasteiger partial charge in [0.1, 0.15) is 0 Å². The summed E-state index contributed by atoms with van der Waals surface area (Å²) in [6.45, 7) is 5.61. The number of primary sulfonamides is 1. The van der Waals surface area contributed by atoms with E-state index in [0.717, 1.165) is 6.07 Å². The van der Waals surface area contributed by atoms with Gasteiger partial charge in [-0.15, -0.1) is 0 Å². The van der Waals surface area contributed by atoms with Crippen molar-refractivity contribution in [3.05, 3.63) is 27.8 Å². The van der Waals surface area contributed by atoms with Crippen LogP contribution in [0.1, 0.15) is 19.4 Å². The van der Waals surface area contributed by atoms with Gasteiger partial charge in [0.25, 0.3) is 0 Å². The van der Waals surface area contributed by atoms with Gasteiger partial charge in [-0.3, -0.25) is 10.1 Å². The van der Waals surface area contributed by atoms with Gasteiger partial charge in [-0.2, -0.15) is 0 Å². The highest BCUT2D eigenvalue weighted by molar-refractivity contribution is 7.89. The van der Waals surface area contributed by atoms with Crippen molar-refractivity contribution < 1.29 is 18.1 Å². The second kappa shape index (κ2) is 5.54. The minimum absolute atomic E-state index is 0.0450. The van der Waals surface area contributed by atoms with E-state index in [-0.39, 0.29) is 16.6 Å². The molecule has 0 heterocycles. The maximum atomic E-state index is 11.3. The number of benzene rings is 1. The Bertz CT molecular complexity index is 595. The number of rotatable bonds is 5. The zero-order chi connectivity index (χ0) is 14.8. The first kappa shape index (κ1) is 15.4. The summed E-state index contributed by atoms with van der Waals surface area (Å²) in [6.07, 6.45) is 0. The summed E-state index contributed by atoms with van der Waals surface area (Å²) in [5.41, 5.74) is -0.0952. The smallest absolute Gasteiger partial charge is 0.312 e. The number of hydrogen-bond acceptors (Lipinski definition) is 5. The van der Waals surface area contributed by atoms with E-state index in [1.54, 1.807) is 0 Å². The van der Waals surface area contributed by atoms with Gasteiger partial charge in [-0.25, -0.2) is 13.6 Å². The van der Waals surface area contributed by atoms with Crippen molar-refractivity contribution in [3.63, 3.8) is 0 Å². The summed E-state index contributed by atoms with van der Waals surface area (Å²) < 4.78 is 28.0. The van der Waals surface area contributed by atoms with Crippen LogP contribution in [-0.4, -0.2) is 19.9 Å². The van der Waals surface area contributed by atoms with E-state index >= 15 is 0 Å². The van der Waals surface area contributed by atoms with Crippen molar-refractivity contribution >= 4 is 15.7 Å². The van der Waals surface area contributed by atoms with Crippen LogP contribution < -0.4 is 9.88 Å². The SMILES string of the molecule is Cc1cc(OCC(C)C)c([N+](=O)[O-])cc1S(N)(=O)=O. The standard InChI is InChI=1S/C11H16N2O5S/c1-7(2)6-18-10-4-8(3)11(19(12,16)17)5-9(10)13(14)15/h4-5,7H,6H2,1-3H3,(H2,12,16,17). The molecule has 1 aromatic carbocycles. The molecule has 0 unspecified atom stereocenters. The van der Waals surface area contributed by atoms with Crippen LogP contribution in [0, 0.1) is 23.0 Å².